The first-order valence-corrected chi connectivity index (χ1v) is 10.5. The van der Waals surface area contributed by atoms with Gasteiger partial charge in [0.05, 0.1) is 11.6 Å². The van der Waals surface area contributed by atoms with E-state index < -0.39 is 18.0 Å². The Hall–Kier alpha value is -3.60. The molecule has 1 N–H and O–H groups in total. The van der Waals surface area contributed by atoms with Crippen LogP contribution < -0.4 is 4.90 Å². The first-order valence-electron chi connectivity index (χ1n) is 10.5. The predicted molar refractivity (Wildman–Crippen MR) is 118 cm³/mol. The molecule has 0 aromatic heterocycles. The molecule has 2 atom stereocenters. The van der Waals surface area contributed by atoms with Crippen molar-refractivity contribution < 1.29 is 19.4 Å². The van der Waals surface area contributed by atoms with Crippen molar-refractivity contribution >= 4 is 17.7 Å². The molecule has 2 aliphatic rings. The number of rotatable bonds is 3. The van der Waals surface area contributed by atoms with Crippen LogP contribution in [0.15, 0.2) is 72.8 Å². The molecule has 0 radical (unpaired) electrons. The second-order valence-corrected chi connectivity index (χ2v) is 8.21. The highest BCUT2D eigenvalue weighted by Gasteiger charge is 2.38. The van der Waals surface area contributed by atoms with E-state index in [9.17, 15) is 14.7 Å². The van der Waals surface area contributed by atoms with Gasteiger partial charge in [0, 0.05) is 12.0 Å². The fourth-order valence-electron chi connectivity index (χ4n) is 4.99. The molecule has 0 fully saturated rings. The third-order valence-corrected chi connectivity index (χ3v) is 6.42. The molecule has 3 aromatic rings. The van der Waals surface area contributed by atoms with Crippen molar-refractivity contribution in [2.45, 2.75) is 31.2 Å². The second kappa shape index (κ2) is 7.58. The van der Waals surface area contributed by atoms with Gasteiger partial charge in [0.15, 0.2) is 0 Å². The minimum Gasteiger partial charge on any atom is -0.481 e. The summed E-state index contributed by atoms with van der Waals surface area (Å²) >= 11 is 0. The van der Waals surface area contributed by atoms with E-state index in [4.69, 9.17) is 4.74 Å². The lowest BCUT2D eigenvalue weighted by molar-refractivity contribution is -0.139. The zero-order valence-electron chi connectivity index (χ0n) is 17.2. The molecule has 31 heavy (non-hydrogen) atoms. The largest absolute Gasteiger partial charge is 0.481 e. The highest BCUT2D eigenvalue weighted by Crippen LogP contribution is 2.45. The van der Waals surface area contributed by atoms with Crippen LogP contribution in [0.2, 0.25) is 0 Å². The van der Waals surface area contributed by atoms with Crippen LogP contribution in [0.5, 0.6) is 0 Å². The fourth-order valence-corrected chi connectivity index (χ4v) is 4.99. The molecule has 0 saturated carbocycles. The summed E-state index contributed by atoms with van der Waals surface area (Å²) in [6.07, 6.45) is -0.0815. The summed E-state index contributed by atoms with van der Waals surface area (Å²) in [7, 11) is 0. The lowest BCUT2D eigenvalue weighted by atomic mass is 9.86. The molecule has 5 nitrogen and oxygen atoms in total. The summed E-state index contributed by atoms with van der Waals surface area (Å²) in [5.74, 6) is -1.51. The number of carbonyl (C=O) groups is 2. The molecule has 3 aromatic carbocycles. The number of fused-ring (bicyclic) bond motifs is 4. The highest BCUT2D eigenvalue weighted by atomic mass is 16.6. The third-order valence-electron chi connectivity index (χ3n) is 6.42. The van der Waals surface area contributed by atoms with Crippen LogP contribution >= 0.6 is 0 Å². The van der Waals surface area contributed by atoms with E-state index in [0.29, 0.717) is 17.7 Å². The van der Waals surface area contributed by atoms with Crippen LogP contribution in [0.3, 0.4) is 0 Å². The minimum atomic E-state index is -0.869. The summed E-state index contributed by atoms with van der Waals surface area (Å²) in [5.41, 5.74) is 5.96. The van der Waals surface area contributed by atoms with E-state index in [2.05, 4.69) is 24.3 Å². The molecule has 5 heteroatoms. The predicted octanol–water partition coefficient (Wildman–Crippen LogP) is 5.40. The Bertz CT molecular complexity index is 1130. The Labute approximate surface area is 180 Å². The van der Waals surface area contributed by atoms with Crippen molar-refractivity contribution in [2.75, 3.05) is 11.5 Å². The van der Waals surface area contributed by atoms with Gasteiger partial charge in [-0.05, 0) is 47.2 Å². The van der Waals surface area contributed by atoms with Gasteiger partial charge in [0.1, 0.15) is 6.61 Å². The Kier molecular flexibility index (Phi) is 4.74. The van der Waals surface area contributed by atoms with E-state index in [1.165, 1.54) is 11.1 Å². The van der Waals surface area contributed by atoms with Gasteiger partial charge in [0.25, 0.3) is 0 Å². The van der Waals surface area contributed by atoms with Gasteiger partial charge in [-0.1, -0.05) is 66.7 Å². The molecule has 0 bridgehead atoms. The quantitative estimate of drug-likeness (QED) is 0.624. The summed E-state index contributed by atoms with van der Waals surface area (Å²) < 4.78 is 5.84. The number of carboxylic acids is 1. The standard InChI is InChI=1S/C26H23NO4/c1-16-14-22(25(28)29)21-12-6-7-13-24(21)27(16)26(30)31-15-23-19-10-4-2-8-17(19)18-9-3-5-11-20(18)23/h2-13,16,22-23H,14-15H2,1H3,(H,28,29)/t16-,22+/m1/s1. The highest BCUT2D eigenvalue weighted by molar-refractivity contribution is 5.93. The first-order chi connectivity index (χ1) is 15.1. The molecular formula is C26H23NO4. The molecule has 156 valence electrons. The zero-order chi connectivity index (χ0) is 21.5. The maximum Gasteiger partial charge on any atom is 0.414 e. The average molecular weight is 413 g/mol. The number of carboxylic acid groups (broad SMARTS) is 1. The Morgan fingerprint density at radius 3 is 2.06 bits per heavy atom. The van der Waals surface area contributed by atoms with Gasteiger partial charge in [-0.3, -0.25) is 9.69 Å². The maximum absolute atomic E-state index is 13.2. The van der Waals surface area contributed by atoms with Crippen LogP contribution in [0.1, 0.15) is 41.9 Å². The van der Waals surface area contributed by atoms with Crippen LogP contribution in [-0.4, -0.2) is 29.8 Å². The van der Waals surface area contributed by atoms with E-state index in [1.54, 1.807) is 23.1 Å². The maximum atomic E-state index is 13.2. The van der Waals surface area contributed by atoms with Crippen molar-refractivity contribution in [1.29, 1.82) is 0 Å². The lowest BCUT2D eigenvalue weighted by Gasteiger charge is -2.37. The summed E-state index contributed by atoms with van der Waals surface area (Å²) in [4.78, 5) is 26.5. The van der Waals surface area contributed by atoms with E-state index in [1.807, 2.05) is 37.3 Å². The number of benzene rings is 3. The van der Waals surface area contributed by atoms with Crippen LogP contribution in [0, 0.1) is 0 Å². The van der Waals surface area contributed by atoms with Crippen molar-refractivity contribution in [3.8, 4) is 11.1 Å². The Morgan fingerprint density at radius 2 is 1.45 bits per heavy atom. The smallest absolute Gasteiger partial charge is 0.414 e. The molecule has 0 saturated heterocycles. The van der Waals surface area contributed by atoms with Gasteiger partial charge >= 0.3 is 12.1 Å². The normalized spacial score (nSPS) is 19.3. The van der Waals surface area contributed by atoms with Crippen LogP contribution in [0.4, 0.5) is 10.5 Å². The monoisotopic (exact) mass is 413 g/mol. The zero-order valence-corrected chi connectivity index (χ0v) is 17.2. The van der Waals surface area contributed by atoms with Crippen LogP contribution in [0.25, 0.3) is 11.1 Å². The summed E-state index contributed by atoms with van der Waals surface area (Å²) in [5, 5.41) is 9.63. The molecule has 0 spiro atoms. The van der Waals surface area contributed by atoms with E-state index >= 15 is 0 Å². The average Bonchev–Trinajstić information content (AvgIpc) is 3.10. The van der Waals surface area contributed by atoms with Crippen molar-refractivity contribution in [2.24, 2.45) is 0 Å². The number of hydrogen-bond acceptors (Lipinski definition) is 3. The molecule has 0 unspecified atom stereocenters. The van der Waals surface area contributed by atoms with Gasteiger partial charge in [-0.25, -0.2) is 4.79 Å². The third kappa shape index (κ3) is 3.17. The number of aliphatic carboxylic acids is 1. The van der Waals surface area contributed by atoms with E-state index in [-0.39, 0.29) is 18.6 Å². The topological polar surface area (TPSA) is 66.8 Å². The number of amides is 1. The van der Waals surface area contributed by atoms with Crippen LogP contribution in [-0.2, 0) is 9.53 Å². The summed E-state index contributed by atoms with van der Waals surface area (Å²) in [6.45, 7) is 2.11. The van der Waals surface area contributed by atoms with Gasteiger partial charge in [0.2, 0.25) is 0 Å². The Balaban J connectivity index is 1.41. The number of nitrogens with zero attached hydrogens (tertiary/aromatic N) is 1. The number of ether oxygens (including phenoxy) is 1. The molecule has 1 aliphatic carbocycles. The molecular weight excluding hydrogens is 390 g/mol. The van der Waals surface area contributed by atoms with Crippen molar-refractivity contribution in [3.05, 3.63) is 89.5 Å². The molecule has 1 aliphatic heterocycles. The number of para-hydroxylation sites is 1. The SMILES string of the molecule is C[C@@H]1C[C@H](C(=O)O)c2ccccc2N1C(=O)OCC1c2ccccc2-c2ccccc21. The van der Waals surface area contributed by atoms with Crippen molar-refractivity contribution in [3.63, 3.8) is 0 Å². The molecule has 1 amide bonds. The Morgan fingerprint density at radius 1 is 0.903 bits per heavy atom. The van der Waals surface area contributed by atoms with Gasteiger partial charge in [-0.2, -0.15) is 0 Å². The second-order valence-electron chi connectivity index (χ2n) is 8.21. The molecule has 5 rings (SSSR count). The number of carbonyl (C=O) groups excluding carboxylic acids is 1. The number of hydrogen-bond donors (Lipinski definition) is 1. The lowest BCUT2D eigenvalue weighted by Crippen LogP contribution is -2.45. The molecule has 1 heterocycles. The fraction of sp³-hybridized carbons (Fsp3) is 0.231. The first kappa shape index (κ1) is 19.4. The van der Waals surface area contributed by atoms with Gasteiger partial charge in [-0.15, -0.1) is 0 Å². The van der Waals surface area contributed by atoms with E-state index in [0.717, 1.165) is 11.1 Å². The number of anilines is 1. The summed E-state index contributed by atoms with van der Waals surface area (Å²) in [6, 6.07) is 23.4. The van der Waals surface area contributed by atoms with Crippen molar-refractivity contribution in [1.82, 2.24) is 0 Å². The minimum absolute atomic E-state index is 0.0153. The van der Waals surface area contributed by atoms with Gasteiger partial charge < -0.3 is 9.84 Å².